The highest BCUT2D eigenvalue weighted by Gasteiger charge is 2.30. The number of nitrogens with zero attached hydrogens (tertiary/aromatic N) is 1. The molecule has 0 radical (unpaired) electrons. The number of para-hydroxylation sites is 1. The van der Waals surface area contributed by atoms with Crippen molar-refractivity contribution in [1.29, 1.82) is 5.26 Å². The van der Waals surface area contributed by atoms with E-state index in [-0.39, 0.29) is 0 Å². The minimum absolute atomic E-state index is 0.332. The normalized spacial score (nSPS) is 20.3. The minimum Gasteiger partial charge on any atom is -0.378 e. The van der Waals surface area contributed by atoms with Crippen molar-refractivity contribution in [1.82, 2.24) is 0 Å². The molecule has 1 heterocycles. The lowest BCUT2D eigenvalue weighted by atomic mass is 9.85. The molecule has 1 aliphatic heterocycles. The lowest BCUT2D eigenvalue weighted by Crippen LogP contribution is -2.28. The molecule has 23 heavy (non-hydrogen) atoms. The molecule has 118 valence electrons. The summed E-state index contributed by atoms with van der Waals surface area (Å²) in [5.74, 6) is 0.625. The Morgan fingerprint density at radius 3 is 2.43 bits per heavy atom. The first-order valence-electron chi connectivity index (χ1n) is 8.32. The average Bonchev–Trinajstić information content (AvgIpc) is 2.53. The Labute approximate surface area is 140 Å². The van der Waals surface area contributed by atoms with Crippen LogP contribution in [-0.2, 0) is 0 Å². The number of hydrogen-bond donors (Lipinski definition) is 1. The molecule has 3 heteroatoms. The molecule has 0 unspecified atom stereocenters. The van der Waals surface area contributed by atoms with Crippen molar-refractivity contribution < 1.29 is 0 Å². The molecule has 0 spiro atoms. The van der Waals surface area contributed by atoms with E-state index in [1.807, 2.05) is 12.1 Å². The molecule has 2 aromatic carbocycles. The zero-order valence-corrected chi connectivity index (χ0v) is 15.1. The summed E-state index contributed by atoms with van der Waals surface area (Å²) in [5, 5.41) is 12.7. The van der Waals surface area contributed by atoms with E-state index >= 15 is 0 Å². The Hall–Kier alpha value is -2.05. The van der Waals surface area contributed by atoms with Gasteiger partial charge in [-0.2, -0.15) is 5.26 Å². The second kappa shape index (κ2) is 6.21. The fraction of sp³-hybridized carbons (Fsp3) is 0.350. The number of nitrogens with one attached hydrogen (secondary N) is 1. The maximum atomic E-state index is 8.98. The molecule has 0 amide bonds. The van der Waals surface area contributed by atoms with E-state index in [2.05, 4.69) is 67.4 Å². The Balaban J connectivity index is 1.91. The molecule has 2 aromatic rings. The fourth-order valence-corrected chi connectivity index (χ4v) is 5.45. The van der Waals surface area contributed by atoms with Gasteiger partial charge in [0.1, 0.15) is 0 Å². The largest absolute Gasteiger partial charge is 0.378 e. The van der Waals surface area contributed by atoms with Gasteiger partial charge in [0.25, 0.3) is 0 Å². The van der Waals surface area contributed by atoms with E-state index in [1.165, 1.54) is 22.9 Å². The molecule has 1 aliphatic rings. The summed E-state index contributed by atoms with van der Waals surface area (Å²) in [6.45, 7) is 7.36. The van der Waals surface area contributed by atoms with Gasteiger partial charge >= 0.3 is 0 Å². The van der Waals surface area contributed by atoms with Crippen LogP contribution in [0.1, 0.15) is 35.1 Å². The summed E-state index contributed by atoms with van der Waals surface area (Å²) in [4.78, 5) is 0. The Bertz CT molecular complexity index is 723. The van der Waals surface area contributed by atoms with E-state index in [1.54, 1.807) is 0 Å². The number of hydrogen-bond acceptors (Lipinski definition) is 2. The molecule has 3 rings (SSSR count). The first-order chi connectivity index (χ1) is 11.0. The van der Waals surface area contributed by atoms with Gasteiger partial charge in [-0.05, 0) is 41.7 Å². The standard InChI is InChI=1S/C20H24N2Si/c1-23(2,3)14-17-12-20(16-10-8-15(13-21)9-11-16)22-19-7-5-4-6-18(17)19/h4-11,17,20,22H,12,14H2,1-3H3/t17-,20+/m1/s1. The number of anilines is 1. The summed E-state index contributed by atoms with van der Waals surface area (Å²) >= 11 is 0. The number of nitriles is 1. The van der Waals surface area contributed by atoms with Crippen molar-refractivity contribution in [2.45, 2.75) is 44.1 Å². The van der Waals surface area contributed by atoms with E-state index < -0.39 is 8.07 Å². The van der Waals surface area contributed by atoms with Crippen LogP contribution in [0.3, 0.4) is 0 Å². The Kier molecular flexibility index (Phi) is 4.28. The summed E-state index contributed by atoms with van der Waals surface area (Å²) < 4.78 is 0. The third kappa shape index (κ3) is 3.65. The zero-order chi connectivity index (χ0) is 16.4. The van der Waals surface area contributed by atoms with Gasteiger partial charge in [0.15, 0.2) is 0 Å². The van der Waals surface area contributed by atoms with Crippen LogP contribution < -0.4 is 5.32 Å². The van der Waals surface area contributed by atoms with Crippen LogP contribution in [0.25, 0.3) is 0 Å². The highest BCUT2D eigenvalue weighted by molar-refractivity contribution is 6.76. The third-order valence-corrected chi connectivity index (χ3v) is 6.27. The molecule has 0 bridgehead atoms. The topological polar surface area (TPSA) is 35.8 Å². The maximum Gasteiger partial charge on any atom is 0.0991 e. The molecule has 2 atom stereocenters. The number of fused-ring (bicyclic) bond motifs is 1. The second-order valence-electron chi connectivity index (χ2n) is 7.72. The SMILES string of the molecule is C[Si](C)(C)C[C@H]1C[C@@H](c2ccc(C#N)cc2)Nc2ccccc21. The minimum atomic E-state index is -1.13. The van der Waals surface area contributed by atoms with Crippen molar-refractivity contribution in [2.75, 3.05) is 5.32 Å². The van der Waals surface area contributed by atoms with Crippen LogP contribution in [0.15, 0.2) is 48.5 Å². The van der Waals surface area contributed by atoms with Crippen LogP contribution in [0.5, 0.6) is 0 Å². The molecule has 2 nitrogen and oxygen atoms in total. The molecular weight excluding hydrogens is 296 g/mol. The molecule has 0 saturated carbocycles. The number of rotatable bonds is 3. The van der Waals surface area contributed by atoms with Gasteiger partial charge in [0, 0.05) is 13.8 Å². The van der Waals surface area contributed by atoms with Gasteiger partial charge in [-0.3, -0.25) is 0 Å². The fourth-order valence-electron chi connectivity index (χ4n) is 3.58. The predicted octanol–water partition coefficient (Wildman–Crippen LogP) is 5.54. The number of benzene rings is 2. The van der Waals surface area contributed by atoms with E-state index in [0.717, 1.165) is 12.0 Å². The van der Waals surface area contributed by atoms with E-state index in [4.69, 9.17) is 5.26 Å². The van der Waals surface area contributed by atoms with Gasteiger partial charge in [-0.25, -0.2) is 0 Å². The summed E-state index contributed by atoms with van der Waals surface area (Å²) in [6, 6.07) is 20.6. The summed E-state index contributed by atoms with van der Waals surface area (Å²) in [5.41, 5.74) is 4.75. The third-order valence-electron chi connectivity index (χ3n) is 4.55. The molecular formula is C20H24N2Si. The predicted molar refractivity (Wildman–Crippen MR) is 99.5 cm³/mol. The molecule has 0 aliphatic carbocycles. The smallest absolute Gasteiger partial charge is 0.0991 e. The van der Waals surface area contributed by atoms with Crippen LogP contribution in [0.2, 0.25) is 25.7 Å². The van der Waals surface area contributed by atoms with Gasteiger partial charge in [0.2, 0.25) is 0 Å². The van der Waals surface area contributed by atoms with Crippen molar-refractivity contribution in [3.8, 4) is 6.07 Å². The van der Waals surface area contributed by atoms with Crippen LogP contribution in [-0.4, -0.2) is 8.07 Å². The van der Waals surface area contributed by atoms with E-state index in [0.29, 0.717) is 12.0 Å². The van der Waals surface area contributed by atoms with E-state index in [9.17, 15) is 0 Å². The van der Waals surface area contributed by atoms with Crippen LogP contribution >= 0.6 is 0 Å². The highest BCUT2D eigenvalue weighted by Crippen LogP contribution is 2.43. The summed E-state index contributed by atoms with van der Waals surface area (Å²) in [7, 11) is -1.13. The quantitative estimate of drug-likeness (QED) is 0.754. The lowest BCUT2D eigenvalue weighted by Gasteiger charge is -2.36. The van der Waals surface area contributed by atoms with Gasteiger partial charge in [-0.15, -0.1) is 0 Å². The van der Waals surface area contributed by atoms with Gasteiger partial charge < -0.3 is 5.32 Å². The summed E-state index contributed by atoms with van der Waals surface area (Å²) in [6.07, 6.45) is 1.13. The van der Waals surface area contributed by atoms with Crippen molar-refractivity contribution in [2.24, 2.45) is 0 Å². The Morgan fingerprint density at radius 2 is 1.78 bits per heavy atom. The second-order valence-corrected chi connectivity index (χ2v) is 13.2. The van der Waals surface area contributed by atoms with Crippen molar-refractivity contribution in [3.05, 3.63) is 65.2 Å². The van der Waals surface area contributed by atoms with Crippen molar-refractivity contribution in [3.63, 3.8) is 0 Å². The van der Waals surface area contributed by atoms with Crippen LogP contribution in [0, 0.1) is 11.3 Å². The molecule has 0 fully saturated rings. The lowest BCUT2D eigenvalue weighted by molar-refractivity contribution is 0.574. The molecule has 0 saturated heterocycles. The monoisotopic (exact) mass is 320 g/mol. The average molecular weight is 321 g/mol. The van der Waals surface area contributed by atoms with Crippen molar-refractivity contribution >= 4 is 13.8 Å². The maximum absolute atomic E-state index is 8.98. The molecule has 1 N–H and O–H groups in total. The molecule has 0 aromatic heterocycles. The highest BCUT2D eigenvalue weighted by atomic mass is 28.3. The van der Waals surface area contributed by atoms with Gasteiger partial charge in [-0.1, -0.05) is 56.0 Å². The van der Waals surface area contributed by atoms with Crippen LogP contribution in [0.4, 0.5) is 5.69 Å². The Morgan fingerprint density at radius 1 is 1.09 bits per heavy atom. The first-order valence-corrected chi connectivity index (χ1v) is 12.0. The first kappa shape index (κ1) is 15.8. The van der Waals surface area contributed by atoms with Gasteiger partial charge in [0.05, 0.1) is 17.7 Å². The zero-order valence-electron chi connectivity index (χ0n) is 14.1.